The molecule has 1 aromatic rings. The molecule has 0 N–H and O–H groups in total. The van der Waals surface area contributed by atoms with E-state index in [0.29, 0.717) is 6.54 Å². The van der Waals surface area contributed by atoms with Gasteiger partial charge in [-0.15, -0.1) is 11.6 Å². The highest BCUT2D eigenvalue weighted by Gasteiger charge is 2.45. The molecule has 1 aliphatic rings. The van der Waals surface area contributed by atoms with Gasteiger partial charge in [0, 0.05) is 23.9 Å². The molecule has 0 aliphatic carbocycles. The van der Waals surface area contributed by atoms with Gasteiger partial charge in [0.15, 0.2) is 9.84 Å². The first-order valence-electron chi connectivity index (χ1n) is 7.73. The van der Waals surface area contributed by atoms with Crippen LogP contribution in [-0.4, -0.2) is 42.9 Å². The first-order chi connectivity index (χ1) is 10.6. The van der Waals surface area contributed by atoms with Gasteiger partial charge in [0.25, 0.3) is 0 Å². The van der Waals surface area contributed by atoms with E-state index in [-0.39, 0.29) is 33.9 Å². The third-order valence-electron chi connectivity index (χ3n) is 4.36. The minimum absolute atomic E-state index is 0.112. The predicted molar refractivity (Wildman–Crippen MR) is 92.4 cm³/mol. The molecule has 1 fully saturated rings. The molecule has 0 unspecified atom stereocenters. The third-order valence-corrected chi connectivity index (χ3v) is 6.54. The van der Waals surface area contributed by atoms with E-state index in [1.807, 2.05) is 27.7 Å². The summed E-state index contributed by atoms with van der Waals surface area (Å²) >= 11 is 6.01. The van der Waals surface area contributed by atoms with Crippen LogP contribution >= 0.6 is 11.6 Å². The molecule has 2 rings (SSSR count). The van der Waals surface area contributed by atoms with Gasteiger partial charge >= 0.3 is 0 Å². The summed E-state index contributed by atoms with van der Waals surface area (Å²) in [5.41, 5.74) is 0.669. The summed E-state index contributed by atoms with van der Waals surface area (Å²) in [6.45, 7) is 8.27. The monoisotopic (exact) mass is 357 g/mol. The standard InChI is InChI=1S/C17H24ClNO3S/c1-12-5-7-14(8-6-12)23(21,22)11-15-13(9-18)10-19(16(15)20)17(2,3)4/h5-8,13,15H,9-11H2,1-4H3/t13-,15-/m0/s1. The number of carbonyl (C=O) groups excluding carboxylic acids is 1. The number of sulfone groups is 1. The molecule has 4 nitrogen and oxygen atoms in total. The SMILES string of the molecule is Cc1ccc(S(=O)(=O)C[C@@H]2C(=O)N(C(C)(C)C)C[C@@H]2CCl)cc1. The Morgan fingerprint density at radius 3 is 2.26 bits per heavy atom. The number of amides is 1. The summed E-state index contributed by atoms with van der Waals surface area (Å²) in [6, 6.07) is 6.73. The molecule has 1 amide bonds. The fourth-order valence-corrected chi connectivity index (χ4v) is 4.84. The Morgan fingerprint density at radius 2 is 1.78 bits per heavy atom. The topological polar surface area (TPSA) is 54.5 Å². The lowest BCUT2D eigenvalue weighted by molar-refractivity contribution is -0.134. The molecule has 23 heavy (non-hydrogen) atoms. The molecule has 1 aromatic carbocycles. The zero-order chi connectivity index (χ0) is 17.4. The van der Waals surface area contributed by atoms with Crippen molar-refractivity contribution in [1.82, 2.24) is 4.90 Å². The summed E-state index contributed by atoms with van der Waals surface area (Å²) < 4.78 is 25.3. The molecule has 0 spiro atoms. The van der Waals surface area contributed by atoms with Gasteiger partial charge in [-0.2, -0.15) is 0 Å². The van der Waals surface area contributed by atoms with Crippen molar-refractivity contribution in [2.75, 3.05) is 18.2 Å². The van der Waals surface area contributed by atoms with E-state index >= 15 is 0 Å². The van der Waals surface area contributed by atoms with Crippen molar-refractivity contribution in [3.63, 3.8) is 0 Å². The molecule has 1 saturated heterocycles. The maximum atomic E-state index is 12.7. The normalized spacial score (nSPS) is 22.7. The van der Waals surface area contributed by atoms with Crippen molar-refractivity contribution in [2.24, 2.45) is 11.8 Å². The zero-order valence-corrected chi connectivity index (χ0v) is 15.6. The van der Waals surface area contributed by atoms with Crippen LogP contribution < -0.4 is 0 Å². The van der Waals surface area contributed by atoms with Crippen molar-refractivity contribution in [1.29, 1.82) is 0 Å². The Hall–Kier alpha value is -1.07. The van der Waals surface area contributed by atoms with Crippen LogP contribution in [0.1, 0.15) is 26.3 Å². The number of benzene rings is 1. The van der Waals surface area contributed by atoms with Crippen molar-refractivity contribution < 1.29 is 13.2 Å². The second-order valence-electron chi connectivity index (χ2n) is 7.24. The Kier molecular flexibility index (Phi) is 5.12. The largest absolute Gasteiger partial charge is 0.337 e. The quantitative estimate of drug-likeness (QED) is 0.778. The minimum Gasteiger partial charge on any atom is -0.337 e. The van der Waals surface area contributed by atoms with Gasteiger partial charge in [-0.25, -0.2) is 8.42 Å². The van der Waals surface area contributed by atoms with Crippen LogP contribution in [0.2, 0.25) is 0 Å². The summed E-state index contributed by atoms with van der Waals surface area (Å²) in [7, 11) is -3.51. The van der Waals surface area contributed by atoms with E-state index in [9.17, 15) is 13.2 Å². The Labute approximate surface area is 143 Å². The zero-order valence-electron chi connectivity index (χ0n) is 14.0. The highest BCUT2D eigenvalue weighted by molar-refractivity contribution is 7.91. The van der Waals surface area contributed by atoms with Crippen LogP contribution in [0.4, 0.5) is 0 Å². The smallest absolute Gasteiger partial charge is 0.227 e. The van der Waals surface area contributed by atoms with Gasteiger partial charge in [-0.3, -0.25) is 4.79 Å². The molecule has 2 atom stereocenters. The molecular formula is C17H24ClNO3S. The molecule has 1 heterocycles. The van der Waals surface area contributed by atoms with Crippen molar-refractivity contribution in [3.8, 4) is 0 Å². The Balaban J connectivity index is 2.27. The average molecular weight is 358 g/mol. The second kappa shape index (κ2) is 6.44. The number of carbonyl (C=O) groups is 1. The van der Waals surface area contributed by atoms with E-state index in [4.69, 9.17) is 11.6 Å². The fourth-order valence-electron chi connectivity index (χ4n) is 2.90. The first-order valence-corrected chi connectivity index (χ1v) is 9.92. The number of likely N-dealkylation sites (tertiary alicyclic amines) is 1. The predicted octanol–water partition coefficient (Wildman–Crippen LogP) is 2.88. The van der Waals surface area contributed by atoms with Crippen LogP contribution in [0, 0.1) is 18.8 Å². The van der Waals surface area contributed by atoms with Gasteiger partial charge < -0.3 is 4.90 Å². The second-order valence-corrected chi connectivity index (χ2v) is 9.58. The first kappa shape index (κ1) is 18.3. The van der Waals surface area contributed by atoms with Crippen molar-refractivity contribution >= 4 is 27.3 Å². The van der Waals surface area contributed by atoms with E-state index in [2.05, 4.69) is 0 Å². The number of rotatable bonds is 4. The fraction of sp³-hybridized carbons (Fsp3) is 0.588. The number of hydrogen-bond donors (Lipinski definition) is 0. The highest BCUT2D eigenvalue weighted by Crippen LogP contribution is 2.33. The van der Waals surface area contributed by atoms with E-state index in [1.54, 1.807) is 29.2 Å². The molecule has 1 aliphatic heterocycles. The lowest BCUT2D eigenvalue weighted by atomic mass is 10.00. The molecule has 0 bridgehead atoms. The molecule has 0 aromatic heterocycles. The van der Waals surface area contributed by atoms with Gasteiger partial charge in [0.2, 0.25) is 5.91 Å². The van der Waals surface area contributed by atoms with Crippen molar-refractivity contribution in [3.05, 3.63) is 29.8 Å². The molecule has 0 radical (unpaired) electrons. The summed E-state index contributed by atoms with van der Waals surface area (Å²) in [6.07, 6.45) is 0. The maximum absolute atomic E-state index is 12.7. The average Bonchev–Trinajstić information content (AvgIpc) is 2.75. The lowest BCUT2D eigenvalue weighted by Crippen LogP contribution is -2.43. The Morgan fingerprint density at radius 1 is 1.22 bits per heavy atom. The molecule has 0 saturated carbocycles. The molecule has 6 heteroatoms. The van der Waals surface area contributed by atoms with Gasteiger partial charge in [0.1, 0.15) is 0 Å². The number of alkyl halides is 1. The highest BCUT2D eigenvalue weighted by atomic mass is 35.5. The van der Waals surface area contributed by atoms with Gasteiger partial charge in [-0.1, -0.05) is 17.7 Å². The van der Waals surface area contributed by atoms with Crippen LogP contribution in [-0.2, 0) is 14.6 Å². The minimum atomic E-state index is -3.51. The lowest BCUT2D eigenvalue weighted by Gasteiger charge is -2.32. The van der Waals surface area contributed by atoms with E-state index in [1.165, 1.54) is 0 Å². The van der Waals surface area contributed by atoms with Crippen LogP contribution in [0.25, 0.3) is 0 Å². The maximum Gasteiger partial charge on any atom is 0.227 e. The number of halogens is 1. The number of nitrogens with zero attached hydrogens (tertiary/aromatic N) is 1. The van der Waals surface area contributed by atoms with Gasteiger partial charge in [0.05, 0.1) is 16.6 Å². The summed E-state index contributed by atoms with van der Waals surface area (Å²) in [4.78, 5) is 14.7. The van der Waals surface area contributed by atoms with E-state index in [0.717, 1.165) is 5.56 Å². The van der Waals surface area contributed by atoms with Crippen LogP contribution in [0.15, 0.2) is 29.2 Å². The molecule has 128 valence electrons. The van der Waals surface area contributed by atoms with E-state index < -0.39 is 15.8 Å². The Bertz CT molecular complexity index is 677. The van der Waals surface area contributed by atoms with Crippen molar-refractivity contribution in [2.45, 2.75) is 38.1 Å². The third kappa shape index (κ3) is 3.89. The number of hydrogen-bond acceptors (Lipinski definition) is 3. The molecular weight excluding hydrogens is 334 g/mol. The summed E-state index contributed by atoms with van der Waals surface area (Å²) in [5, 5.41) is 0. The van der Waals surface area contributed by atoms with Crippen LogP contribution in [0.5, 0.6) is 0 Å². The summed E-state index contributed by atoms with van der Waals surface area (Å²) in [5.74, 6) is -0.717. The number of aryl methyl sites for hydroxylation is 1. The van der Waals surface area contributed by atoms with Crippen LogP contribution in [0.3, 0.4) is 0 Å². The van der Waals surface area contributed by atoms with Gasteiger partial charge in [-0.05, 0) is 39.8 Å².